The van der Waals surface area contributed by atoms with E-state index < -0.39 is 0 Å². The third-order valence-electron chi connectivity index (χ3n) is 22.1. The fraction of sp³-hybridized carbons (Fsp3) is 0.270. The van der Waals surface area contributed by atoms with Gasteiger partial charge in [0.05, 0.1) is 75.0 Å². The molecule has 0 spiro atoms. The molecule has 0 saturated heterocycles. The van der Waals surface area contributed by atoms with Gasteiger partial charge >= 0.3 is 0 Å². The summed E-state index contributed by atoms with van der Waals surface area (Å²) in [6, 6.07) is 55.2. The molecule has 0 bridgehead atoms. The normalized spacial score (nSPS) is 21.7. The maximum Gasteiger partial charge on any atom is 0.167 e. The molecule has 19 heteroatoms. The molecular formula is C89H81N15O3S. The summed E-state index contributed by atoms with van der Waals surface area (Å²) in [5.41, 5.74) is 19.1. The molecule has 8 aromatic heterocycles. The van der Waals surface area contributed by atoms with Crippen LogP contribution in [-0.4, -0.2) is 55.4 Å². The molecule has 108 heavy (non-hydrogen) atoms. The molecule has 0 amide bonds. The van der Waals surface area contributed by atoms with E-state index in [4.69, 9.17) is 13.6 Å². The quantitative estimate of drug-likeness (QED) is 0.110. The van der Waals surface area contributed by atoms with E-state index in [1.807, 2.05) is 189 Å². The molecule has 0 radical (unpaired) electrons. The Balaban J connectivity index is 0.000000127. The zero-order chi connectivity index (χ0) is 75.2. The molecule has 12 aromatic rings. The standard InChI is InChI=1S/C23H21N3S.3C22H20N4O/c1-15-11-23-22(14-27-26-23)20(16(15)2)10-9-19-8-7-18(13-25-19)21-6-4-3-5-17(21)12-24;1-14-11-21-22(25-26-27-21)19(15(14)2)10-9-18-8-7-17(13-24-18)20-6-4-3-5-16(20)12-23;2*1-14-11-21-22(27-26-25-21)19(15(14)2)10-9-18-8-7-17(13-24-18)20-6-4-3-5-16(20)12-23/h3-10,13-16,20H,11H2,1-2H3;3*3-10,13-15,19H,11H2,1-2H3/b4*10-9+/t15-,16+,20-;3*14-,15+,19-/m0000/s1. The second-order valence-electron chi connectivity index (χ2n) is 28.7. The Bertz CT molecular complexity index is 4720. The highest BCUT2D eigenvalue weighted by atomic mass is 32.1. The van der Waals surface area contributed by atoms with Crippen LogP contribution in [0, 0.1) is 92.7 Å². The molecular weight excluding hydrogens is 1360 g/mol. The van der Waals surface area contributed by atoms with Gasteiger partial charge < -0.3 is 13.6 Å². The highest BCUT2D eigenvalue weighted by molar-refractivity contribution is 7.03. The van der Waals surface area contributed by atoms with Crippen molar-refractivity contribution in [2.45, 2.75) is 105 Å². The lowest BCUT2D eigenvalue weighted by Crippen LogP contribution is -2.24. The minimum Gasteiger partial charge on any atom is -0.342 e. The average Bonchev–Trinajstić information content (AvgIpc) is 1.62. The number of benzene rings is 4. The van der Waals surface area contributed by atoms with E-state index >= 15 is 0 Å². The number of fused-ring (bicyclic) bond motifs is 4. The topological polar surface area (TPSA) is 276 Å². The number of nitriles is 4. The third-order valence-corrected chi connectivity index (χ3v) is 22.8. The van der Waals surface area contributed by atoms with Gasteiger partial charge in [-0.2, -0.15) is 25.4 Å². The first-order chi connectivity index (χ1) is 52.7. The van der Waals surface area contributed by atoms with E-state index in [2.05, 4.69) is 171 Å². The van der Waals surface area contributed by atoms with Crippen LogP contribution in [0.25, 0.3) is 68.8 Å². The van der Waals surface area contributed by atoms with E-state index in [1.54, 1.807) is 11.5 Å². The lowest BCUT2D eigenvalue weighted by molar-refractivity contribution is 0.272. The third kappa shape index (κ3) is 16.6. The summed E-state index contributed by atoms with van der Waals surface area (Å²) in [7, 11) is 0. The highest BCUT2D eigenvalue weighted by Crippen LogP contribution is 2.44. The molecule has 4 aliphatic rings. The van der Waals surface area contributed by atoms with Gasteiger partial charge in [0.2, 0.25) is 0 Å². The molecule has 4 aromatic carbocycles. The lowest BCUT2D eigenvalue weighted by atomic mass is 9.73. The van der Waals surface area contributed by atoms with E-state index in [9.17, 15) is 21.0 Å². The lowest BCUT2D eigenvalue weighted by Gasteiger charge is -2.31. The number of rotatable bonds is 12. The van der Waals surface area contributed by atoms with Gasteiger partial charge in [0.1, 0.15) is 17.1 Å². The van der Waals surface area contributed by atoms with Gasteiger partial charge in [0, 0.05) is 121 Å². The van der Waals surface area contributed by atoms with Gasteiger partial charge in [-0.05, 0) is 157 Å². The summed E-state index contributed by atoms with van der Waals surface area (Å²) < 4.78 is 20.7. The fourth-order valence-electron chi connectivity index (χ4n) is 14.8. The van der Waals surface area contributed by atoms with Crippen LogP contribution < -0.4 is 0 Å². The van der Waals surface area contributed by atoms with Gasteiger partial charge in [-0.25, -0.2) is 0 Å². The number of allylic oxidation sites excluding steroid dienone is 4. The van der Waals surface area contributed by atoms with Crippen molar-refractivity contribution >= 4 is 35.8 Å². The van der Waals surface area contributed by atoms with Gasteiger partial charge in [-0.3, -0.25) is 19.9 Å². The largest absolute Gasteiger partial charge is 0.342 e. The number of aromatic nitrogens is 11. The molecule has 536 valence electrons. The Morgan fingerprint density at radius 3 is 1.06 bits per heavy atom. The van der Waals surface area contributed by atoms with Crippen molar-refractivity contribution in [2.75, 3.05) is 0 Å². The van der Waals surface area contributed by atoms with Crippen molar-refractivity contribution in [1.82, 2.24) is 55.4 Å². The molecule has 0 aliphatic heterocycles. The van der Waals surface area contributed by atoms with Crippen molar-refractivity contribution in [1.29, 1.82) is 21.0 Å². The van der Waals surface area contributed by atoms with Gasteiger partial charge in [-0.1, -0.05) is 177 Å². The zero-order valence-corrected chi connectivity index (χ0v) is 62.3. The van der Waals surface area contributed by atoms with Crippen molar-refractivity contribution in [2.24, 2.45) is 47.3 Å². The first-order valence-electron chi connectivity index (χ1n) is 36.6. The first kappa shape index (κ1) is 73.8. The maximum absolute atomic E-state index is 9.29. The number of hydrogen-bond acceptors (Lipinski definition) is 19. The number of nitrogens with zero attached hydrogens (tertiary/aromatic N) is 15. The van der Waals surface area contributed by atoms with Crippen molar-refractivity contribution < 1.29 is 13.6 Å². The summed E-state index contributed by atoms with van der Waals surface area (Å²) in [5, 5.41) is 62.9. The predicted octanol–water partition coefficient (Wildman–Crippen LogP) is 19.6. The molecule has 0 saturated carbocycles. The first-order valence-corrected chi connectivity index (χ1v) is 37.4. The summed E-state index contributed by atoms with van der Waals surface area (Å²) in [6.45, 7) is 18.1. The Morgan fingerprint density at radius 1 is 0.361 bits per heavy atom. The molecule has 0 N–H and O–H groups in total. The second-order valence-corrected chi connectivity index (χ2v) is 29.3. The van der Waals surface area contributed by atoms with E-state index in [1.165, 1.54) is 11.3 Å². The Morgan fingerprint density at radius 2 is 0.685 bits per heavy atom. The molecule has 0 unspecified atom stereocenters. The van der Waals surface area contributed by atoms with Crippen molar-refractivity contribution in [3.63, 3.8) is 0 Å². The van der Waals surface area contributed by atoms with Crippen LogP contribution in [0.1, 0.15) is 170 Å². The Kier molecular flexibility index (Phi) is 23.3. The van der Waals surface area contributed by atoms with Crippen molar-refractivity contribution in [3.8, 4) is 68.8 Å². The van der Waals surface area contributed by atoms with E-state index in [0.717, 1.165) is 127 Å². The van der Waals surface area contributed by atoms with Gasteiger partial charge in [0.25, 0.3) is 0 Å². The fourth-order valence-corrected chi connectivity index (χ4v) is 15.5. The molecule has 12 atom stereocenters. The van der Waals surface area contributed by atoms with Crippen LogP contribution >= 0.6 is 11.5 Å². The Hall–Kier alpha value is -12.6. The van der Waals surface area contributed by atoms with Gasteiger partial charge in [0.15, 0.2) is 17.3 Å². The van der Waals surface area contributed by atoms with Crippen LogP contribution in [0.15, 0.2) is 214 Å². The smallest absolute Gasteiger partial charge is 0.167 e. The molecule has 16 rings (SSSR count). The summed E-state index contributed by atoms with van der Waals surface area (Å²) in [4.78, 5) is 18.2. The summed E-state index contributed by atoms with van der Waals surface area (Å²) in [5.74, 6) is 7.66. The number of hydrogen-bond donors (Lipinski definition) is 0. The molecule has 4 aliphatic carbocycles. The van der Waals surface area contributed by atoms with Crippen LogP contribution in [0.3, 0.4) is 0 Å². The SMILES string of the molecule is C[C@H]1[C@H](/C=C/c2ccc(-c3ccccc3C#N)cn2)c2csnc2C[C@@H]1C.C[C@H]1[C@H](/C=C/c2ccc(-c3ccccc3C#N)cn2)c2nnoc2C[C@@H]1C.C[C@H]1[C@H](/C=C/c2ccc(-c3ccccc3C#N)cn2)c2onnc2C[C@@H]1C.C[C@H]1[C@H](/C=C/c2ccc(-c3ccccc3C#N)cn2)c2onnc2C[C@@H]1C. The summed E-state index contributed by atoms with van der Waals surface area (Å²) in [6.07, 6.45) is 27.9. The predicted molar refractivity (Wildman–Crippen MR) is 418 cm³/mol. The van der Waals surface area contributed by atoms with E-state index in [-0.39, 0.29) is 17.8 Å². The summed E-state index contributed by atoms with van der Waals surface area (Å²) >= 11 is 1.56. The molecule has 8 heterocycles. The maximum atomic E-state index is 9.29. The van der Waals surface area contributed by atoms with Crippen LogP contribution in [-0.2, 0) is 25.7 Å². The van der Waals surface area contributed by atoms with Gasteiger partial charge in [-0.15, -0.1) is 15.3 Å². The molecule has 18 nitrogen and oxygen atoms in total. The highest BCUT2D eigenvalue weighted by Gasteiger charge is 2.37. The minimum atomic E-state index is 0.152. The van der Waals surface area contributed by atoms with Crippen LogP contribution in [0.4, 0.5) is 0 Å². The number of pyridine rings is 4. The Labute approximate surface area is 633 Å². The van der Waals surface area contributed by atoms with Crippen LogP contribution in [0.2, 0.25) is 0 Å². The minimum absolute atomic E-state index is 0.152. The van der Waals surface area contributed by atoms with Crippen molar-refractivity contribution in [3.05, 3.63) is 291 Å². The second kappa shape index (κ2) is 34.1. The average molecular weight is 1440 g/mol. The van der Waals surface area contributed by atoms with Crippen LogP contribution in [0.5, 0.6) is 0 Å². The monoisotopic (exact) mass is 1440 g/mol. The molecule has 0 fully saturated rings. The van der Waals surface area contributed by atoms with E-state index in [0.29, 0.717) is 75.5 Å². The zero-order valence-electron chi connectivity index (χ0n) is 61.5.